The molecule has 0 aliphatic carbocycles. The lowest BCUT2D eigenvalue weighted by atomic mass is 9.97. The smallest absolute Gasteiger partial charge is 0.145 e. The molecule has 0 spiro atoms. The van der Waals surface area contributed by atoms with E-state index in [1.54, 1.807) is 0 Å². The molecule has 8 aromatic carbocycles. The van der Waals surface area contributed by atoms with Crippen LogP contribution in [0.25, 0.3) is 106 Å². The quantitative estimate of drug-likeness (QED) is 0.163. The molecule has 3 nitrogen and oxygen atoms in total. The molecule has 272 valence electrons. The largest absolute Gasteiger partial charge is 0.455 e. The number of fused-ring (bicyclic) bond motifs is 5. The Morgan fingerprint density at radius 3 is 1.57 bits per heavy atom. The molecule has 0 N–H and O–H groups in total. The van der Waals surface area contributed by atoms with Gasteiger partial charge in [0.2, 0.25) is 0 Å². The first-order valence-corrected chi connectivity index (χ1v) is 19.7. The maximum atomic E-state index is 7.02. The molecule has 0 saturated carbocycles. The Bertz CT molecular complexity index is 3240. The molecule has 0 atom stereocenters. The molecule has 0 unspecified atom stereocenters. The maximum Gasteiger partial charge on any atom is 0.145 e. The summed E-state index contributed by atoms with van der Waals surface area (Å²) >= 11 is 0. The molecule has 0 aliphatic heterocycles. The highest BCUT2D eigenvalue weighted by molar-refractivity contribution is 6.22. The highest BCUT2D eigenvalue weighted by atomic mass is 16.3. The third-order valence-electron chi connectivity index (χ3n) is 11.2. The predicted octanol–water partition coefficient (Wildman–Crippen LogP) is 14.9. The van der Waals surface area contributed by atoms with E-state index in [1.165, 1.54) is 11.1 Å². The van der Waals surface area contributed by atoms with Crippen LogP contribution in [0.5, 0.6) is 0 Å². The van der Waals surface area contributed by atoms with Crippen LogP contribution in [0.2, 0.25) is 0 Å². The minimum absolute atomic E-state index is 0.878. The summed E-state index contributed by atoms with van der Waals surface area (Å²) in [6, 6.07) is 77.2. The van der Waals surface area contributed by atoms with Crippen molar-refractivity contribution >= 4 is 32.8 Å². The van der Waals surface area contributed by atoms with Crippen LogP contribution < -0.4 is 0 Å². The summed E-state index contributed by atoms with van der Waals surface area (Å²) in [5.41, 5.74) is 16.1. The van der Waals surface area contributed by atoms with E-state index >= 15 is 0 Å². The fourth-order valence-corrected chi connectivity index (χ4v) is 8.46. The standard InChI is InChI=1S/C55H36N2O/c1-5-16-37(17-6-1)38-28-30-39(31-29-38)44-35-48(40-18-7-2-8-19-40)56-49(36-44)43-24-15-25-45(34-43)57-50-27-14-13-26-46(50)53-51(57)33-32-47-52(41-20-9-3-10-21-41)54(58-55(47)53)42-22-11-4-12-23-42/h1-36H. The highest BCUT2D eigenvalue weighted by Gasteiger charge is 2.23. The molecule has 0 radical (unpaired) electrons. The molecule has 0 amide bonds. The Morgan fingerprint density at radius 1 is 0.345 bits per heavy atom. The Kier molecular flexibility index (Phi) is 8.15. The molecule has 3 aromatic heterocycles. The Hall–Kier alpha value is -7.75. The van der Waals surface area contributed by atoms with Gasteiger partial charge in [-0.15, -0.1) is 0 Å². The van der Waals surface area contributed by atoms with Gasteiger partial charge in [-0.1, -0.05) is 176 Å². The van der Waals surface area contributed by atoms with Crippen molar-refractivity contribution in [2.45, 2.75) is 0 Å². The van der Waals surface area contributed by atoms with Gasteiger partial charge in [0.15, 0.2) is 0 Å². The second kappa shape index (κ2) is 14.1. The van der Waals surface area contributed by atoms with E-state index in [0.29, 0.717) is 0 Å². The average molecular weight is 741 g/mol. The lowest BCUT2D eigenvalue weighted by molar-refractivity contribution is 0.636. The molecule has 11 aromatic rings. The summed E-state index contributed by atoms with van der Waals surface area (Å²) in [5.74, 6) is 0.878. The molecule has 0 fully saturated rings. The summed E-state index contributed by atoms with van der Waals surface area (Å²) in [6.07, 6.45) is 0. The second-order valence-corrected chi connectivity index (χ2v) is 14.7. The van der Waals surface area contributed by atoms with E-state index in [9.17, 15) is 0 Å². The van der Waals surface area contributed by atoms with E-state index in [2.05, 4.69) is 211 Å². The van der Waals surface area contributed by atoms with E-state index in [4.69, 9.17) is 9.40 Å². The fourth-order valence-electron chi connectivity index (χ4n) is 8.46. The molecular formula is C55H36N2O. The molecule has 0 bridgehead atoms. The van der Waals surface area contributed by atoms with Crippen molar-refractivity contribution in [3.05, 3.63) is 218 Å². The fraction of sp³-hybridized carbons (Fsp3) is 0. The first-order chi connectivity index (χ1) is 28.8. The first-order valence-electron chi connectivity index (χ1n) is 19.7. The monoisotopic (exact) mass is 740 g/mol. The topological polar surface area (TPSA) is 31.0 Å². The van der Waals surface area contributed by atoms with E-state index in [1.807, 2.05) is 12.1 Å². The molecule has 0 aliphatic rings. The van der Waals surface area contributed by atoms with Crippen molar-refractivity contribution in [1.82, 2.24) is 9.55 Å². The minimum Gasteiger partial charge on any atom is -0.455 e. The number of furan rings is 1. The zero-order valence-corrected chi connectivity index (χ0v) is 31.6. The number of para-hydroxylation sites is 1. The van der Waals surface area contributed by atoms with Gasteiger partial charge in [-0.25, -0.2) is 4.98 Å². The van der Waals surface area contributed by atoms with E-state index < -0.39 is 0 Å². The molecule has 3 heteroatoms. The first kappa shape index (κ1) is 33.6. The summed E-state index contributed by atoms with van der Waals surface area (Å²) in [5, 5.41) is 3.34. The van der Waals surface area contributed by atoms with E-state index in [-0.39, 0.29) is 0 Å². The van der Waals surface area contributed by atoms with Gasteiger partial charge in [0.05, 0.1) is 27.8 Å². The van der Waals surface area contributed by atoms with Crippen LogP contribution in [0, 0.1) is 0 Å². The van der Waals surface area contributed by atoms with Gasteiger partial charge in [-0.2, -0.15) is 0 Å². The van der Waals surface area contributed by atoms with Crippen LogP contribution in [0.4, 0.5) is 0 Å². The summed E-state index contributed by atoms with van der Waals surface area (Å²) in [4.78, 5) is 5.30. The second-order valence-electron chi connectivity index (χ2n) is 14.7. The number of benzene rings is 8. The molecular weight excluding hydrogens is 705 g/mol. The minimum atomic E-state index is 0.878. The Labute approximate surface area is 336 Å². The van der Waals surface area contributed by atoms with Crippen molar-refractivity contribution in [3.63, 3.8) is 0 Å². The third-order valence-corrected chi connectivity index (χ3v) is 11.2. The van der Waals surface area contributed by atoms with Crippen LogP contribution in [-0.2, 0) is 0 Å². The summed E-state index contributed by atoms with van der Waals surface area (Å²) in [6.45, 7) is 0. The molecule has 0 saturated heterocycles. The SMILES string of the molecule is c1ccc(-c2ccc(-c3cc(-c4ccccc4)nc(-c4cccc(-n5c6ccccc6c6c7oc(-c8ccccc8)c(-c8ccccc8)c7ccc65)c4)c3)cc2)cc1. The van der Waals surface area contributed by atoms with Gasteiger partial charge in [-0.05, 0) is 70.3 Å². The average Bonchev–Trinajstić information content (AvgIpc) is 3.87. The molecule has 11 rings (SSSR count). The van der Waals surface area contributed by atoms with Gasteiger partial charge < -0.3 is 8.98 Å². The van der Waals surface area contributed by atoms with E-state index in [0.717, 1.165) is 94.6 Å². The Morgan fingerprint density at radius 2 is 0.879 bits per heavy atom. The van der Waals surface area contributed by atoms with Crippen molar-refractivity contribution in [2.24, 2.45) is 0 Å². The highest BCUT2D eigenvalue weighted by Crippen LogP contribution is 2.46. The zero-order chi connectivity index (χ0) is 38.4. The van der Waals surface area contributed by atoms with Crippen molar-refractivity contribution in [2.75, 3.05) is 0 Å². The summed E-state index contributed by atoms with van der Waals surface area (Å²) < 4.78 is 9.39. The van der Waals surface area contributed by atoms with Crippen LogP contribution in [0.15, 0.2) is 223 Å². The summed E-state index contributed by atoms with van der Waals surface area (Å²) in [7, 11) is 0. The van der Waals surface area contributed by atoms with Crippen molar-refractivity contribution in [3.8, 4) is 72.9 Å². The van der Waals surface area contributed by atoms with Gasteiger partial charge in [0.25, 0.3) is 0 Å². The lowest BCUT2D eigenvalue weighted by Gasteiger charge is -2.13. The lowest BCUT2D eigenvalue weighted by Crippen LogP contribution is -1.96. The zero-order valence-electron chi connectivity index (χ0n) is 31.6. The predicted molar refractivity (Wildman–Crippen MR) is 241 cm³/mol. The van der Waals surface area contributed by atoms with Crippen LogP contribution in [-0.4, -0.2) is 9.55 Å². The number of rotatable bonds is 7. The van der Waals surface area contributed by atoms with Gasteiger partial charge in [-0.3, -0.25) is 0 Å². The number of nitrogens with zero attached hydrogens (tertiary/aromatic N) is 2. The van der Waals surface area contributed by atoms with Crippen LogP contribution in [0.3, 0.4) is 0 Å². The van der Waals surface area contributed by atoms with Crippen molar-refractivity contribution in [1.29, 1.82) is 0 Å². The molecule has 3 heterocycles. The number of hydrogen-bond acceptors (Lipinski definition) is 2. The number of pyridine rings is 1. The number of aromatic nitrogens is 2. The maximum absolute atomic E-state index is 7.02. The normalized spacial score (nSPS) is 11.4. The van der Waals surface area contributed by atoms with Crippen molar-refractivity contribution < 1.29 is 4.42 Å². The van der Waals surface area contributed by atoms with Crippen LogP contribution in [0.1, 0.15) is 0 Å². The Balaban J connectivity index is 1.09. The van der Waals surface area contributed by atoms with Gasteiger partial charge in [0, 0.05) is 38.7 Å². The van der Waals surface area contributed by atoms with Crippen LogP contribution >= 0.6 is 0 Å². The number of hydrogen-bond donors (Lipinski definition) is 0. The van der Waals surface area contributed by atoms with Gasteiger partial charge >= 0.3 is 0 Å². The van der Waals surface area contributed by atoms with Gasteiger partial charge in [0.1, 0.15) is 11.3 Å². The molecule has 58 heavy (non-hydrogen) atoms. The third kappa shape index (κ3) is 5.80.